The van der Waals surface area contributed by atoms with Crippen LogP contribution in [0.1, 0.15) is 46.5 Å². The molecule has 2 atom stereocenters. The van der Waals surface area contributed by atoms with E-state index in [4.69, 9.17) is 4.74 Å². The SMILES string of the molecule is CCCOCCCN1CC(C2CC2)NCC1C(C)C. The molecule has 0 radical (unpaired) electrons. The molecule has 0 spiro atoms. The fourth-order valence-electron chi connectivity index (χ4n) is 3.20. The van der Waals surface area contributed by atoms with Gasteiger partial charge >= 0.3 is 0 Å². The van der Waals surface area contributed by atoms with Crippen molar-refractivity contribution in [2.75, 3.05) is 32.8 Å². The molecular weight excluding hydrogens is 236 g/mol. The van der Waals surface area contributed by atoms with Crippen LogP contribution in [0.15, 0.2) is 0 Å². The van der Waals surface area contributed by atoms with Gasteiger partial charge in [-0.2, -0.15) is 0 Å². The van der Waals surface area contributed by atoms with Crippen LogP contribution < -0.4 is 5.32 Å². The first-order valence-corrected chi connectivity index (χ1v) is 8.27. The van der Waals surface area contributed by atoms with Crippen LogP contribution in [0.2, 0.25) is 0 Å². The van der Waals surface area contributed by atoms with Crippen molar-refractivity contribution >= 4 is 0 Å². The maximum Gasteiger partial charge on any atom is 0.0478 e. The lowest BCUT2D eigenvalue weighted by atomic mass is 9.97. The number of nitrogens with one attached hydrogen (secondary N) is 1. The molecule has 1 aliphatic heterocycles. The van der Waals surface area contributed by atoms with Crippen LogP contribution in [0.4, 0.5) is 0 Å². The van der Waals surface area contributed by atoms with Gasteiger partial charge < -0.3 is 10.1 Å². The van der Waals surface area contributed by atoms with E-state index in [-0.39, 0.29) is 0 Å². The highest BCUT2D eigenvalue weighted by molar-refractivity contribution is 4.95. The molecule has 0 amide bonds. The minimum absolute atomic E-state index is 0.709. The minimum atomic E-state index is 0.709. The van der Waals surface area contributed by atoms with E-state index < -0.39 is 0 Å². The van der Waals surface area contributed by atoms with E-state index in [1.54, 1.807) is 0 Å². The summed E-state index contributed by atoms with van der Waals surface area (Å²) < 4.78 is 5.61. The lowest BCUT2D eigenvalue weighted by Crippen LogP contribution is -2.59. The lowest BCUT2D eigenvalue weighted by molar-refractivity contribution is 0.0713. The first kappa shape index (κ1) is 15.3. The predicted octanol–water partition coefficient (Wildman–Crippen LogP) is 2.51. The molecule has 3 heteroatoms. The van der Waals surface area contributed by atoms with Gasteiger partial charge in [0.15, 0.2) is 0 Å². The minimum Gasteiger partial charge on any atom is -0.381 e. The van der Waals surface area contributed by atoms with Gasteiger partial charge in [0, 0.05) is 44.9 Å². The highest BCUT2D eigenvalue weighted by Gasteiger charge is 2.37. The molecule has 2 fully saturated rings. The maximum absolute atomic E-state index is 5.61. The van der Waals surface area contributed by atoms with Crippen molar-refractivity contribution in [3.63, 3.8) is 0 Å². The average molecular weight is 268 g/mol. The summed E-state index contributed by atoms with van der Waals surface area (Å²) in [6.45, 7) is 12.4. The molecule has 112 valence electrons. The summed E-state index contributed by atoms with van der Waals surface area (Å²) in [5.74, 6) is 1.70. The summed E-state index contributed by atoms with van der Waals surface area (Å²) in [6.07, 6.45) is 5.20. The second-order valence-electron chi connectivity index (χ2n) is 6.62. The molecular formula is C16H32N2O. The third-order valence-corrected chi connectivity index (χ3v) is 4.53. The molecule has 2 unspecified atom stereocenters. The van der Waals surface area contributed by atoms with Gasteiger partial charge in [-0.15, -0.1) is 0 Å². The highest BCUT2D eigenvalue weighted by Crippen LogP contribution is 2.34. The smallest absolute Gasteiger partial charge is 0.0478 e. The Labute approximate surface area is 119 Å². The van der Waals surface area contributed by atoms with Crippen molar-refractivity contribution < 1.29 is 4.74 Å². The maximum atomic E-state index is 5.61. The van der Waals surface area contributed by atoms with Gasteiger partial charge in [0.05, 0.1) is 0 Å². The van der Waals surface area contributed by atoms with Crippen molar-refractivity contribution in [3.05, 3.63) is 0 Å². The highest BCUT2D eigenvalue weighted by atomic mass is 16.5. The Morgan fingerprint density at radius 3 is 2.68 bits per heavy atom. The summed E-state index contributed by atoms with van der Waals surface area (Å²) >= 11 is 0. The Morgan fingerprint density at radius 2 is 2.05 bits per heavy atom. The molecule has 0 aromatic rings. The van der Waals surface area contributed by atoms with Gasteiger partial charge in [-0.25, -0.2) is 0 Å². The van der Waals surface area contributed by atoms with Crippen LogP contribution in [0.25, 0.3) is 0 Å². The molecule has 1 N–H and O–H groups in total. The van der Waals surface area contributed by atoms with Crippen molar-refractivity contribution in [1.29, 1.82) is 0 Å². The molecule has 0 bridgehead atoms. The zero-order valence-electron chi connectivity index (χ0n) is 13.0. The normalized spacial score (nSPS) is 29.1. The Bertz CT molecular complexity index is 253. The molecule has 1 heterocycles. The van der Waals surface area contributed by atoms with Crippen LogP contribution in [0, 0.1) is 11.8 Å². The zero-order valence-corrected chi connectivity index (χ0v) is 13.0. The molecule has 2 rings (SSSR count). The molecule has 1 saturated carbocycles. The standard InChI is InChI=1S/C16H32N2O/c1-4-9-19-10-5-8-18-12-15(14-6-7-14)17-11-16(18)13(2)3/h13-17H,4-12H2,1-3H3. The quantitative estimate of drug-likeness (QED) is 0.685. The zero-order chi connectivity index (χ0) is 13.7. The molecule has 1 aliphatic carbocycles. The van der Waals surface area contributed by atoms with Crippen LogP contribution in [-0.2, 0) is 4.74 Å². The Hall–Kier alpha value is -0.120. The molecule has 0 aromatic carbocycles. The largest absolute Gasteiger partial charge is 0.381 e. The molecule has 3 nitrogen and oxygen atoms in total. The van der Waals surface area contributed by atoms with E-state index in [0.717, 1.165) is 37.5 Å². The number of nitrogens with zero attached hydrogens (tertiary/aromatic N) is 1. The average Bonchev–Trinajstić information content (AvgIpc) is 3.22. The Kier molecular flexibility index (Phi) is 6.11. The van der Waals surface area contributed by atoms with Gasteiger partial charge in [-0.3, -0.25) is 4.90 Å². The summed E-state index contributed by atoms with van der Waals surface area (Å²) in [5, 5.41) is 3.78. The van der Waals surface area contributed by atoms with Gasteiger partial charge in [0.25, 0.3) is 0 Å². The summed E-state index contributed by atoms with van der Waals surface area (Å²) in [4.78, 5) is 2.72. The van der Waals surface area contributed by atoms with Gasteiger partial charge in [0.2, 0.25) is 0 Å². The fourth-order valence-corrected chi connectivity index (χ4v) is 3.20. The molecule has 19 heavy (non-hydrogen) atoms. The predicted molar refractivity (Wildman–Crippen MR) is 80.4 cm³/mol. The van der Waals surface area contributed by atoms with Crippen LogP contribution in [0.3, 0.4) is 0 Å². The van der Waals surface area contributed by atoms with Crippen molar-refractivity contribution in [2.24, 2.45) is 11.8 Å². The number of piperazine rings is 1. The topological polar surface area (TPSA) is 24.5 Å². The van der Waals surface area contributed by atoms with Crippen molar-refractivity contribution in [3.8, 4) is 0 Å². The number of ether oxygens (including phenoxy) is 1. The van der Waals surface area contributed by atoms with E-state index in [9.17, 15) is 0 Å². The Morgan fingerprint density at radius 1 is 1.26 bits per heavy atom. The van der Waals surface area contributed by atoms with E-state index in [1.165, 1.54) is 38.9 Å². The summed E-state index contributed by atoms with van der Waals surface area (Å²) in [6, 6.07) is 1.47. The first-order chi connectivity index (χ1) is 9.22. The van der Waals surface area contributed by atoms with Gasteiger partial charge in [-0.1, -0.05) is 20.8 Å². The molecule has 2 aliphatic rings. The summed E-state index contributed by atoms with van der Waals surface area (Å²) in [5.41, 5.74) is 0. The van der Waals surface area contributed by atoms with Gasteiger partial charge in [0.1, 0.15) is 0 Å². The van der Waals surface area contributed by atoms with Crippen LogP contribution in [0.5, 0.6) is 0 Å². The number of hydrogen-bond donors (Lipinski definition) is 1. The van der Waals surface area contributed by atoms with Crippen molar-refractivity contribution in [2.45, 2.75) is 58.5 Å². The first-order valence-electron chi connectivity index (χ1n) is 8.27. The number of hydrogen-bond acceptors (Lipinski definition) is 3. The van der Waals surface area contributed by atoms with Crippen LogP contribution in [-0.4, -0.2) is 49.8 Å². The number of rotatable bonds is 8. The second-order valence-corrected chi connectivity index (χ2v) is 6.62. The second kappa shape index (κ2) is 7.61. The fraction of sp³-hybridized carbons (Fsp3) is 1.00. The van der Waals surface area contributed by atoms with Gasteiger partial charge in [-0.05, 0) is 37.5 Å². The Balaban J connectivity index is 1.74. The van der Waals surface area contributed by atoms with Crippen molar-refractivity contribution in [1.82, 2.24) is 10.2 Å². The monoisotopic (exact) mass is 268 g/mol. The molecule has 0 aromatic heterocycles. The molecule has 1 saturated heterocycles. The van der Waals surface area contributed by atoms with E-state index in [2.05, 4.69) is 31.0 Å². The third-order valence-electron chi connectivity index (χ3n) is 4.53. The van der Waals surface area contributed by atoms with E-state index >= 15 is 0 Å². The van der Waals surface area contributed by atoms with E-state index in [1.807, 2.05) is 0 Å². The van der Waals surface area contributed by atoms with E-state index in [0.29, 0.717) is 6.04 Å². The van der Waals surface area contributed by atoms with Crippen LogP contribution >= 0.6 is 0 Å². The summed E-state index contributed by atoms with van der Waals surface area (Å²) in [7, 11) is 0. The lowest BCUT2D eigenvalue weighted by Gasteiger charge is -2.42. The third kappa shape index (κ3) is 4.73.